The van der Waals surface area contributed by atoms with Gasteiger partial charge in [0.2, 0.25) is 5.96 Å². The lowest BCUT2D eigenvalue weighted by Gasteiger charge is -2.34. The number of carbonyl (C=O) groups is 1. The molecule has 1 heterocycles. The third-order valence-electron chi connectivity index (χ3n) is 4.30. The molecule has 0 aliphatic carbocycles. The van der Waals surface area contributed by atoms with Gasteiger partial charge in [0.25, 0.3) is 5.91 Å². The van der Waals surface area contributed by atoms with Gasteiger partial charge in [-0.25, -0.2) is 18.2 Å². The van der Waals surface area contributed by atoms with E-state index in [2.05, 4.69) is 15.6 Å². The normalized spacial score (nSPS) is 15.6. The number of amides is 1. The van der Waals surface area contributed by atoms with Crippen molar-refractivity contribution in [1.29, 1.82) is 0 Å². The number of hydrogen-bond donors (Lipinski definition) is 4. The standard InChI is InChI=1S/C18H17F3IN5O2/c1-27(17(23)26-18(29)7-24-8-18)16(28)10-3-4-11(19)14(21)15(10)25-13-5-2-9(22)6-12(13)20/h2-6,24-25,29H,7-8H2,1H3,(H2,23,26). The Morgan fingerprint density at radius 3 is 2.55 bits per heavy atom. The van der Waals surface area contributed by atoms with Crippen LogP contribution in [0.2, 0.25) is 0 Å². The molecule has 11 heteroatoms. The van der Waals surface area contributed by atoms with E-state index in [4.69, 9.17) is 5.73 Å². The van der Waals surface area contributed by atoms with E-state index < -0.39 is 34.8 Å². The number of halogens is 4. The van der Waals surface area contributed by atoms with Gasteiger partial charge >= 0.3 is 0 Å². The highest BCUT2D eigenvalue weighted by atomic mass is 127. The zero-order valence-electron chi connectivity index (χ0n) is 15.1. The van der Waals surface area contributed by atoms with Crippen molar-refractivity contribution in [2.24, 2.45) is 10.7 Å². The van der Waals surface area contributed by atoms with E-state index in [-0.39, 0.29) is 30.3 Å². The van der Waals surface area contributed by atoms with Crippen molar-refractivity contribution in [3.05, 3.63) is 56.9 Å². The van der Waals surface area contributed by atoms with Crippen LogP contribution >= 0.6 is 22.6 Å². The average Bonchev–Trinajstić information content (AvgIpc) is 2.65. The molecule has 3 rings (SSSR count). The first-order valence-corrected chi connectivity index (χ1v) is 9.46. The predicted molar refractivity (Wildman–Crippen MR) is 110 cm³/mol. The molecule has 7 nitrogen and oxygen atoms in total. The van der Waals surface area contributed by atoms with Crippen molar-refractivity contribution < 1.29 is 23.1 Å². The van der Waals surface area contributed by atoms with Gasteiger partial charge in [-0.15, -0.1) is 0 Å². The smallest absolute Gasteiger partial charge is 0.262 e. The predicted octanol–water partition coefficient (Wildman–Crippen LogP) is 2.13. The molecule has 0 saturated carbocycles. The Kier molecular flexibility index (Phi) is 6.00. The molecule has 0 aromatic heterocycles. The van der Waals surface area contributed by atoms with Crippen LogP contribution in [0.1, 0.15) is 10.4 Å². The van der Waals surface area contributed by atoms with Crippen molar-refractivity contribution >= 4 is 45.8 Å². The fraction of sp³-hybridized carbons (Fsp3) is 0.222. The molecule has 0 unspecified atom stereocenters. The van der Waals surface area contributed by atoms with Crippen LogP contribution in [0, 0.1) is 21.0 Å². The highest BCUT2D eigenvalue weighted by Crippen LogP contribution is 2.29. The molecule has 0 atom stereocenters. The number of nitrogens with two attached hydrogens (primary N) is 1. The molecule has 1 aliphatic heterocycles. The molecular formula is C18H17F3IN5O2. The molecule has 1 saturated heterocycles. The molecule has 0 spiro atoms. The minimum atomic E-state index is -1.43. The third kappa shape index (κ3) is 4.46. The van der Waals surface area contributed by atoms with Gasteiger partial charge in [-0.05, 0) is 52.9 Å². The fourth-order valence-corrected chi connectivity index (χ4v) is 3.03. The van der Waals surface area contributed by atoms with Gasteiger partial charge in [0.15, 0.2) is 17.4 Å². The first-order chi connectivity index (χ1) is 13.6. The maximum Gasteiger partial charge on any atom is 0.262 e. The summed E-state index contributed by atoms with van der Waals surface area (Å²) in [4.78, 5) is 17.6. The fourth-order valence-electron chi connectivity index (χ4n) is 2.58. The molecule has 29 heavy (non-hydrogen) atoms. The van der Waals surface area contributed by atoms with E-state index in [0.29, 0.717) is 3.57 Å². The van der Waals surface area contributed by atoms with Crippen LogP contribution in [0.25, 0.3) is 0 Å². The lowest BCUT2D eigenvalue weighted by atomic mass is 10.1. The summed E-state index contributed by atoms with van der Waals surface area (Å²) in [5, 5.41) is 15.3. The van der Waals surface area contributed by atoms with E-state index in [1.807, 2.05) is 22.6 Å². The SMILES string of the molecule is CN(C(=O)c1ccc(F)c(F)c1Nc1ccc(I)cc1F)C(N)=NC1(O)CNC1. The van der Waals surface area contributed by atoms with Crippen LogP contribution in [0.4, 0.5) is 24.5 Å². The number of β-amino-alcohol motifs (C(OH)–C–C–N with tert-alkyl or cyclic N) is 1. The van der Waals surface area contributed by atoms with Crippen LogP contribution in [-0.2, 0) is 0 Å². The summed E-state index contributed by atoms with van der Waals surface area (Å²) in [6.07, 6.45) is 0. The van der Waals surface area contributed by atoms with Crippen LogP contribution in [0.3, 0.4) is 0 Å². The first kappa shape index (κ1) is 21.3. The maximum atomic E-state index is 14.5. The van der Waals surface area contributed by atoms with Crippen molar-refractivity contribution in [2.45, 2.75) is 5.72 Å². The number of carbonyl (C=O) groups excluding carboxylic acids is 1. The number of hydrogen-bond acceptors (Lipinski definition) is 5. The van der Waals surface area contributed by atoms with Gasteiger partial charge in [-0.2, -0.15) is 0 Å². The Morgan fingerprint density at radius 1 is 1.28 bits per heavy atom. The summed E-state index contributed by atoms with van der Waals surface area (Å²) in [7, 11) is 1.27. The largest absolute Gasteiger partial charge is 0.369 e. The Bertz CT molecular complexity index is 998. The van der Waals surface area contributed by atoms with Crippen LogP contribution in [0.5, 0.6) is 0 Å². The van der Waals surface area contributed by atoms with E-state index in [9.17, 15) is 23.1 Å². The minimum absolute atomic E-state index is 0.136. The minimum Gasteiger partial charge on any atom is -0.369 e. The van der Waals surface area contributed by atoms with Gasteiger partial charge in [0, 0.05) is 23.7 Å². The summed E-state index contributed by atoms with van der Waals surface area (Å²) in [6, 6.07) is 5.94. The average molecular weight is 519 g/mol. The van der Waals surface area contributed by atoms with Gasteiger partial charge in [0.05, 0.1) is 16.9 Å². The monoisotopic (exact) mass is 519 g/mol. The summed E-state index contributed by atoms with van der Waals surface area (Å²) >= 11 is 1.90. The summed E-state index contributed by atoms with van der Waals surface area (Å²) < 4.78 is 43.1. The third-order valence-corrected chi connectivity index (χ3v) is 4.97. The lowest BCUT2D eigenvalue weighted by Crippen LogP contribution is -2.59. The Labute approximate surface area is 177 Å². The number of aliphatic hydroxyl groups is 1. The summed E-state index contributed by atoms with van der Waals surface area (Å²) in [5.41, 5.74) is 3.38. The topological polar surface area (TPSA) is 103 Å². The summed E-state index contributed by atoms with van der Waals surface area (Å²) in [5.74, 6) is -4.40. The zero-order chi connectivity index (χ0) is 21.3. The number of nitrogens with zero attached hydrogens (tertiary/aromatic N) is 2. The molecule has 1 aliphatic rings. The Balaban J connectivity index is 1.96. The second-order valence-corrected chi connectivity index (χ2v) is 7.70. The second-order valence-electron chi connectivity index (χ2n) is 6.45. The highest BCUT2D eigenvalue weighted by Gasteiger charge is 2.35. The number of aliphatic imine (C=N–C) groups is 1. The molecule has 0 radical (unpaired) electrons. The highest BCUT2D eigenvalue weighted by molar-refractivity contribution is 14.1. The van der Waals surface area contributed by atoms with Gasteiger partial charge in [-0.3, -0.25) is 9.69 Å². The van der Waals surface area contributed by atoms with Crippen LogP contribution < -0.4 is 16.4 Å². The van der Waals surface area contributed by atoms with Crippen molar-refractivity contribution in [1.82, 2.24) is 10.2 Å². The van der Waals surface area contributed by atoms with Gasteiger partial charge in [-0.1, -0.05) is 0 Å². The Hall–Kier alpha value is -2.38. The molecule has 1 amide bonds. The molecule has 154 valence electrons. The van der Waals surface area contributed by atoms with E-state index in [1.54, 1.807) is 6.07 Å². The van der Waals surface area contributed by atoms with Gasteiger partial charge < -0.3 is 21.5 Å². The lowest BCUT2D eigenvalue weighted by molar-refractivity contribution is -0.00171. The molecule has 2 aromatic carbocycles. The van der Waals surface area contributed by atoms with E-state index in [1.165, 1.54) is 19.2 Å². The number of guanidine groups is 1. The van der Waals surface area contributed by atoms with E-state index in [0.717, 1.165) is 17.0 Å². The number of anilines is 2. The molecule has 2 aromatic rings. The van der Waals surface area contributed by atoms with Crippen molar-refractivity contribution in [3.63, 3.8) is 0 Å². The molecular weight excluding hydrogens is 502 g/mol. The molecule has 5 N–H and O–H groups in total. The zero-order valence-corrected chi connectivity index (χ0v) is 17.3. The van der Waals surface area contributed by atoms with Crippen LogP contribution in [0.15, 0.2) is 35.3 Å². The van der Waals surface area contributed by atoms with E-state index >= 15 is 0 Å². The number of benzene rings is 2. The van der Waals surface area contributed by atoms with Crippen molar-refractivity contribution in [2.75, 3.05) is 25.5 Å². The first-order valence-electron chi connectivity index (χ1n) is 8.38. The number of rotatable bonds is 4. The van der Waals surface area contributed by atoms with Crippen LogP contribution in [-0.4, -0.2) is 47.7 Å². The maximum absolute atomic E-state index is 14.5. The second kappa shape index (κ2) is 8.16. The number of nitrogens with one attached hydrogen (secondary N) is 2. The quantitative estimate of drug-likeness (QED) is 0.282. The van der Waals surface area contributed by atoms with Gasteiger partial charge in [0.1, 0.15) is 5.82 Å². The summed E-state index contributed by atoms with van der Waals surface area (Å²) in [6.45, 7) is 0.333. The van der Waals surface area contributed by atoms with Crippen molar-refractivity contribution in [3.8, 4) is 0 Å². The Morgan fingerprint density at radius 2 is 1.97 bits per heavy atom. The molecule has 1 fully saturated rings. The molecule has 0 bridgehead atoms.